The van der Waals surface area contributed by atoms with Gasteiger partial charge in [-0.2, -0.15) is 10.1 Å². The first-order valence-electron chi connectivity index (χ1n) is 8.97. The summed E-state index contributed by atoms with van der Waals surface area (Å²) >= 11 is 0. The molecule has 1 saturated heterocycles. The molecule has 0 atom stereocenters. The van der Waals surface area contributed by atoms with E-state index in [4.69, 9.17) is 5.73 Å². The Bertz CT molecular complexity index is 847. The number of nitrogens with zero attached hydrogens (tertiary/aromatic N) is 8. The second kappa shape index (κ2) is 7.11. The van der Waals surface area contributed by atoms with E-state index in [0.717, 1.165) is 49.9 Å². The molecular formula is C17H23N9. The zero-order chi connectivity index (χ0) is 17.9. The predicted molar refractivity (Wildman–Crippen MR) is 97.7 cm³/mol. The number of anilines is 2. The van der Waals surface area contributed by atoms with Gasteiger partial charge in [-0.25, -0.2) is 4.98 Å². The molecule has 1 fully saturated rings. The molecule has 2 N–H and O–H groups in total. The molecule has 0 aliphatic carbocycles. The lowest BCUT2D eigenvalue weighted by Crippen LogP contribution is -2.34. The van der Waals surface area contributed by atoms with Crippen LogP contribution in [0.15, 0.2) is 30.7 Å². The lowest BCUT2D eigenvalue weighted by atomic mass is 9.96. The van der Waals surface area contributed by atoms with Gasteiger partial charge in [0.15, 0.2) is 5.82 Å². The van der Waals surface area contributed by atoms with Crippen LogP contribution in [0.2, 0.25) is 0 Å². The lowest BCUT2D eigenvalue weighted by Gasteiger charge is -2.32. The highest BCUT2D eigenvalue weighted by Gasteiger charge is 2.26. The van der Waals surface area contributed by atoms with Crippen LogP contribution in [0.1, 0.15) is 37.3 Å². The van der Waals surface area contributed by atoms with Crippen LogP contribution in [-0.4, -0.2) is 47.6 Å². The summed E-state index contributed by atoms with van der Waals surface area (Å²) in [4.78, 5) is 10.5. The summed E-state index contributed by atoms with van der Waals surface area (Å²) in [6.07, 6.45) is 7.47. The smallest absolute Gasteiger partial charge is 0.221 e. The zero-order valence-corrected chi connectivity index (χ0v) is 14.9. The first-order chi connectivity index (χ1) is 12.7. The molecule has 0 bridgehead atoms. The van der Waals surface area contributed by atoms with Gasteiger partial charge in [0.1, 0.15) is 18.2 Å². The van der Waals surface area contributed by atoms with Gasteiger partial charge in [-0.1, -0.05) is 0 Å². The van der Waals surface area contributed by atoms with E-state index in [-0.39, 0.29) is 0 Å². The minimum atomic E-state index is 0.318. The second-order valence-corrected chi connectivity index (χ2v) is 6.46. The molecule has 26 heavy (non-hydrogen) atoms. The summed E-state index contributed by atoms with van der Waals surface area (Å²) in [6, 6.07) is 3.83. The molecule has 0 saturated carbocycles. The van der Waals surface area contributed by atoms with Crippen molar-refractivity contribution in [1.29, 1.82) is 0 Å². The van der Waals surface area contributed by atoms with Gasteiger partial charge >= 0.3 is 0 Å². The number of hydrogen-bond acceptors (Lipinski definition) is 7. The summed E-state index contributed by atoms with van der Waals surface area (Å²) in [5.41, 5.74) is 5.70. The van der Waals surface area contributed by atoms with Crippen molar-refractivity contribution in [1.82, 2.24) is 34.5 Å². The van der Waals surface area contributed by atoms with Crippen molar-refractivity contribution in [3.8, 4) is 0 Å². The van der Waals surface area contributed by atoms with Crippen LogP contribution < -0.4 is 10.6 Å². The monoisotopic (exact) mass is 353 g/mol. The molecule has 9 heteroatoms. The van der Waals surface area contributed by atoms with E-state index in [1.165, 1.54) is 0 Å². The van der Waals surface area contributed by atoms with Gasteiger partial charge in [-0.3, -0.25) is 4.68 Å². The Morgan fingerprint density at radius 2 is 2.04 bits per heavy atom. The standard InChI is InChI=1S/C17H23N9/c1-2-26-15(12-25-9-3-7-20-25)22-23-16(26)13-5-10-24(11-6-13)14-4-8-19-17(18)21-14/h3-4,7-9,13H,2,5-6,10-12H2,1H3,(H2,18,19,21). The van der Waals surface area contributed by atoms with Gasteiger partial charge in [0.05, 0.1) is 0 Å². The predicted octanol–water partition coefficient (Wildman–Crippen LogP) is 1.30. The van der Waals surface area contributed by atoms with Crippen LogP contribution in [0.3, 0.4) is 0 Å². The van der Waals surface area contributed by atoms with Gasteiger partial charge < -0.3 is 15.2 Å². The quantitative estimate of drug-likeness (QED) is 0.737. The van der Waals surface area contributed by atoms with Crippen LogP contribution in [-0.2, 0) is 13.1 Å². The summed E-state index contributed by atoms with van der Waals surface area (Å²) in [7, 11) is 0. The second-order valence-electron chi connectivity index (χ2n) is 6.46. The normalized spacial score (nSPS) is 15.5. The Labute approximate surface area is 151 Å². The minimum Gasteiger partial charge on any atom is -0.368 e. The van der Waals surface area contributed by atoms with Gasteiger partial charge in [-0.15, -0.1) is 10.2 Å². The van der Waals surface area contributed by atoms with E-state index in [0.29, 0.717) is 18.4 Å². The van der Waals surface area contributed by atoms with E-state index in [1.54, 1.807) is 12.4 Å². The molecule has 4 rings (SSSR count). The maximum atomic E-state index is 5.70. The Morgan fingerprint density at radius 1 is 1.19 bits per heavy atom. The van der Waals surface area contributed by atoms with E-state index in [1.807, 2.05) is 23.0 Å². The van der Waals surface area contributed by atoms with Crippen molar-refractivity contribution < 1.29 is 0 Å². The molecule has 9 nitrogen and oxygen atoms in total. The zero-order valence-electron chi connectivity index (χ0n) is 14.9. The third-order valence-electron chi connectivity index (χ3n) is 4.88. The molecule has 0 unspecified atom stereocenters. The van der Waals surface area contributed by atoms with E-state index in [9.17, 15) is 0 Å². The fourth-order valence-corrected chi connectivity index (χ4v) is 3.56. The fraction of sp³-hybridized carbons (Fsp3) is 0.471. The van der Waals surface area contributed by atoms with Crippen molar-refractivity contribution in [2.45, 2.75) is 38.8 Å². The number of hydrogen-bond donors (Lipinski definition) is 1. The number of nitrogens with two attached hydrogens (primary N) is 1. The molecule has 1 aliphatic rings. The maximum Gasteiger partial charge on any atom is 0.221 e. The molecule has 1 aliphatic heterocycles. The fourth-order valence-electron chi connectivity index (χ4n) is 3.56. The number of nitrogen functional groups attached to an aromatic ring is 1. The highest BCUT2D eigenvalue weighted by molar-refractivity contribution is 5.41. The summed E-state index contributed by atoms with van der Waals surface area (Å²) in [5, 5.41) is 13.2. The van der Waals surface area contributed by atoms with Crippen LogP contribution in [0.4, 0.5) is 11.8 Å². The van der Waals surface area contributed by atoms with Crippen LogP contribution in [0, 0.1) is 0 Å². The van der Waals surface area contributed by atoms with Crippen molar-refractivity contribution in [3.05, 3.63) is 42.4 Å². The molecule has 0 amide bonds. The van der Waals surface area contributed by atoms with Gasteiger partial charge in [0.25, 0.3) is 0 Å². The molecule has 0 aromatic carbocycles. The van der Waals surface area contributed by atoms with Crippen molar-refractivity contribution >= 4 is 11.8 Å². The van der Waals surface area contributed by atoms with E-state index >= 15 is 0 Å². The highest BCUT2D eigenvalue weighted by Crippen LogP contribution is 2.29. The van der Waals surface area contributed by atoms with Gasteiger partial charge in [0, 0.05) is 44.1 Å². The van der Waals surface area contributed by atoms with Crippen LogP contribution in [0.25, 0.3) is 0 Å². The van der Waals surface area contributed by atoms with E-state index in [2.05, 4.69) is 41.7 Å². The Balaban J connectivity index is 1.46. The number of rotatable bonds is 5. The maximum absolute atomic E-state index is 5.70. The number of piperidine rings is 1. The summed E-state index contributed by atoms with van der Waals surface area (Å²) < 4.78 is 4.10. The topological polar surface area (TPSA) is 104 Å². The third kappa shape index (κ3) is 3.24. The first kappa shape index (κ1) is 16.5. The van der Waals surface area contributed by atoms with Crippen LogP contribution >= 0.6 is 0 Å². The van der Waals surface area contributed by atoms with Crippen molar-refractivity contribution in [3.63, 3.8) is 0 Å². The molecular weight excluding hydrogens is 330 g/mol. The Kier molecular flexibility index (Phi) is 4.51. The van der Waals surface area contributed by atoms with Crippen molar-refractivity contribution in [2.24, 2.45) is 0 Å². The Hall–Kier alpha value is -2.97. The molecule has 4 heterocycles. The van der Waals surface area contributed by atoms with Gasteiger partial charge in [0.2, 0.25) is 5.95 Å². The SMILES string of the molecule is CCn1c(Cn2cccn2)nnc1C1CCN(c2ccnc(N)n2)CC1. The molecule has 136 valence electrons. The summed E-state index contributed by atoms with van der Waals surface area (Å²) in [6.45, 7) is 5.49. The molecule has 3 aromatic heterocycles. The molecule has 3 aromatic rings. The van der Waals surface area contributed by atoms with E-state index < -0.39 is 0 Å². The highest BCUT2D eigenvalue weighted by atomic mass is 15.3. The minimum absolute atomic E-state index is 0.318. The first-order valence-corrected chi connectivity index (χ1v) is 8.97. The Morgan fingerprint density at radius 3 is 2.73 bits per heavy atom. The average molecular weight is 353 g/mol. The average Bonchev–Trinajstić information content (AvgIpc) is 3.32. The third-order valence-corrected chi connectivity index (χ3v) is 4.88. The van der Waals surface area contributed by atoms with Crippen molar-refractivity contribution in [2.75, 3.05) is 23.7 Å². The molecule has 0 spiro atoms. The largest absolute Gasteiger partial charge is 0.368 e. The van der Waals surface area contributed by atoms with Crippen LogP contribution in [0.5, 0.6) is 0 Å². The summed E-state index contributed by atoms with van der Waals surface area (Å²) in [5.74, 6) is 3.66. The molecule has 0 radical (unpaired) electrons. The lowest BCUT2D eigenvalue weighted by molar-refractivity contribution is 0.461. The number of aromatic nitrogens is 7. The van der Waals surface area contributed by atoms with Gasteiger partial charge in [-0.05, 0) is 31.9 Å².